The average Bonchev–Trinajstić information content (AvgIpc) is 3.92. The van der Waals surface area contributed by atoms with Crippen LogP contribution in [0.15, 0.2) is 133 Å². The number of para-hydroxylation sites is 4. The second-order valence-electron chi connectivity index (χ2n) is 20.6. The summed E-state index contributed by atoms with van der Waals surface area (Å²) in [5, 5.41) is 1.86. The number of aromatic nitrogens is 2. The normalized spacial score (nSPS) is 13.8. The number of pyridine rings is 1. The van der Waals surface area contributed by atoms with E-state index in [4.69, 9.17) is 12.5 Å². The Labute approximate surface area is 431 Å². The van der Waals surface area contributed by atoms with Crippen molar-refractivity contribution >= 4 is 44.6 Å². The van der Waals surface area contributed by atoms with Crippen LogP contribution >= 0.6 is 0 Å². The summed E-state index contributed by atoms with van der Waals surface area (Å²) < 4.78 is 122. The zero-order valence-corrected chi connectivity index (χ0v) is 42.6. The summed E-state index contributed by atoms with van der Waals surface area (Å²) in [5.41, 5.74) is 2.03. The Kier molecular flexibility index (Phi) is 11.3. The molecule has 0 atom stereocenters. The van der Waals surface area contributed by atoms with Crippen molar-refractivity contribution in [3.05, 3.63) is 198 Å². The fourth-order valence-corrected chi connectivity index (χ4v) is 8.92. The Morgan fingerprint density at radius 2 is 1.21 bits per heavy atom. The Morgan fingerprint density at radius 3 is 1.87 bits per heavy atom. The summed E-state index contributed by atoms with van der Waals surface area (Å²) in [5.74, 6) is -9.34. The van der Waals surface area contributed by atoms with Crippen LogP contribution < -0.4 is 14.5 Å². The molecule has 0 fully saturated rings. The maximum atomic E-state index is 15.9. The minimum Gasteiger partial charge on any atom is -0.509 e. The van der Waals surface area contributed by atoms with Gasteiger partial charge in [-0.05, 0) is 74.2 Å². The number of benzene rings is 7. The van der Waals surface area contributed by atoms with Crippen LogP contribution in [0.2, 0.25) is 0 Å². The molecule has 0 bridgehead atoms. The standard InChI is InChI=1S/C60H50F5N4O.Pt/c1-58(2,3)37-23-21-35(22-24-37)36-29-39(32-41(30-36)70-40-25-26-43-42-15-10-11-18-46(42)69(49(43)33-40)50-31-38(27-28-66-50)59(4,5)6)67-34-68(48-20-13-12-19-47(48)67)57-44(16-14-17-45(57)60(7,8)9)51-52(61)54(63)56(65)55(64)53(51)62;/h10-31,34H,1-9H3;/q-3;/i21D,22D,23D,24D;. The van der Waals surface area contributed by atoms with Gasteiger partial charge in [-0.2, -0.15) is 6.07 Å². The van der Waals surface area contributed by atoms with Gasteiger partial charge in [0, 0.05) is 66.9 Å². The third-order valence-electron chi connectivity index (χ3n) is 12.6. The summed E-state index contributed by atoms with van der Waals surface area (Å²) in [6, 6.07) is 36.5. The van der Waals surface area contributed by atoms with Gasteiger partial charge in [0.2, 0.25) is 5.82 Å². The molecule has 71 heavy (non-hydrogen) atoms. The summed E-state index contributed by atoms with van der Waals surface area (Å²) >= 11 is 0. The number of nitrogens with zero attached hydrogens (tertiary/aromatic N) is 4. The van der Waals surface area contributed by atoms with Crippen LogP contribution in [0.4, 0.5) is 44.7 Å². The molecule has 1 aliphatic rings. The number of hydrogen-bond acceptors (Lipinski definition) is 4. The van der Waals surface area contributed by atoms with Crippen LogP contribution in [0, 0.1) is 47.9 Å². The molecule has 0 unspecified atom stereocenters. The van der Waals surface area contributed by atoms with E-state index in [1.165, 1.54) is 12.1 Å². The summed E-state index contributed by atoms with van der Waals surface area (Å²) in [7, 11) is 0. The van der Waals surface area contributed by atoms with Crippen LogP contribution in [-0.2, 0) is 37.3 Å². The predicted octanol–water partition coefficient (Wildman–Crippen LogP) is 16.9. The van der Waals surface area contributed by atoms with Crippen molar-refractivity contribution in [2.24, 2.45) is 0 Å². The molecule has 0 N–H and O–H groups in total. The number of hydrogen-bond donors (Lipinski definition) is 0. The van der Waals surface area contributed by atoms with E-state index >= 15 is 17.6 Å². The van der Waals surface area contributed by atoms with Gasteiger partial charge >= 0.3 is 0 Å². The van der Waals surface area contributed by atoms with E-state index in [0.717, 1.165) is 21.9 Å². The first-order valence-corrected chi connectivity index (χ1v) is 22.8. The number of rotatable bonds is 7. The van der Waals surface area contributed by atoms with Gasteiger partial charge in [-0.3, -0.25) is 0 Å². The zero-order valence-electron chi connectivity index (χ0n) is 44.4. The van der Waals surface area contributed by atoms with Gasteiger partial charge in [-0.15, -0.1) is 53.6 Å². The molecule has 0 radical (unpaired) electrons. The van der Waals surface area contributed by atoms with Crippen molar-refractivity contribution in [3.8, 4) is 39.6 Å². The molecule has 11 heteroatoms. The predicted molar refractivity (Wildman–Crippen MR) is 271 cm³/mol. The number of fused-ring (bicyclic) bond motifs is 4. The van der Waals surface area contributed by atoms with E-state index in [2.05, 4.69) is 39.0 Å². The SMILES string of the molecule is [2H]c1c([2H])c(C(C)(C)C)c([2H])c([2H])c1-c1cc(Oc2[c-]c3c(cc2)c2ccccc2n3-c2cc(C(C)(C)C)ccn2)[c-]c(N2[CH-]N(c3c(-c4c(F)c(F)c(F)c(F)c4F)cccc3C(C)(C)C)c3ccccc32)c1.[Pt]. The molecule has 2 aromatic heterocycles. The molecule has 1 aliphatic heterocycles. The summed E-state index contributed by atoms with van der Waals surface area (Å²) in [6.07, 6.45) is 1.79. The summed E-state index contributed by atoms with van der Waals surface area (Å²) in [4.78, 5) is 8.13. The zero-order chi connectivity index (χ0) is 53.1. The minimum atomic E-state index is -2.27. The molecular formula is C60H50F5N4OPt-3. The van der Waals surface area contributed by atoms with Gasteiger partial charge in [0.15, 0.2) is 23.3 Å². The van der Waals surface area contributed by atoms with Gasteiger partial charge < -0.3 is 19.1 Å². The van der Waals surface area contributed by atoms with Gasteiger partial charge in [-0.25, -0.2) is 26.9 Å². The van der Waals surface area contributed by atoms with E-state index in [1.54, 1.807) is 71.2 Å². The first kappa shape index (κ1) is 44.2. The van der Waals surface area contributed by atoms with Crippen molar-refractivity contribution in [3.63, 3.8) is 0 Å². The first-order chi connectivity index (χ1) is 34.9. The Hall–Kier alpha value is -6.77. The molecule has 0 spiro atoms. The molecule has 5 nitrogen and oxygen atoms in total. The van der Waals surface area contributed by atoms with Crippen molar-refractivity contribution in [2.45, 2.75) is 78.6 Å². The van der Waals surface area contributed by atoms with Crippen molar-refractivity contribution < 1.29 is 53.2 Å². The second kappa shape index (κ2) is 18.1. The van der Waals surface area contributed by atoms with Crippen LogP contribution in [0.25, 0.3) is 49.9 Å². The molecular weight excluding hydrogens is 1080 g/mol. The maximum Gasteiger partial charge on any atom is 0.200 e. The van der Waals surface area contributed by atoms with E-state index in [9.17, 15) is 7.13 Å². The number of halogens is 5. The van der Waals surface area contributed by atoms with E-state index in [1.807, 2.05) is 82.5 Å². The number of ether oxygens (including phenoxy) is 1. The van der Waals surface area contributed by atoms with Crippen LogP contribution in [0.1, 0.15) is 84.5 Å². The smallest absolute Gasteiger partial charge is 0.200 e. The van der Waals surface area contributed by atoms with Gasteiger partial charge in [0.1, 0.15) is 5.82 Å². The van der Waals surface area contributed by atoms with Crippen LogP contribution in [0.5, 0.6) is 11.5 Å². The first-order valence-electron chi connectivity index (χ1n) is 24.8. The minimum absolute atomic E-state index is 0. The molecule has 9 aromatic rings. The number of anilines is 4. The third kappa shape index (κ3) is 8.79. The maximum absolute atomic E-state index is 15.9. The van der Waals surface area contributed by atoms with Crippen molar-refractivity contribution in [1.82, 2.24) is 9.55 Å². The van der Waals surface area contributed by atoms with Crippen molar-refractivity contribution in [2.75, 3.05) is 9.80 Å². The topological polar surface area (TPSA) is 33.5 Å². The fraction of sp³-hybridized carbons (Fsp3) is 0.200. The monoisotopic (exact) mass is 1140 g/mol. The Balaban J connectivity index is 0.00000689. The van der Waals surface area contributed by atoms with E-state index in [0.29, 0.717) is 28.3 Å². The summed E-state index contributed by atoms with van der Waals surface area (Å²) in [6.45, 7) is 19.1. The molecule has 7 aromatic carbocycles. The molecule has 364 valence electrons. The van der Waals surface area contributed by atoms with Gasteiger partial charge in [0.05, 0.1) is 11.0 Å². The molecule has 0 saturated carbocycles. The molecule has 10 rings (SSSR count). The molecule has 3 heterocycles. The van der Waals surface area contributed by atoms with Crippen LogP contribution in [0.3, 0.4) is 0 Å². The molecule has 0 amide bonds. The van der Waals surface area contributed by atoms with Gasteiger partial charge in [-0.1, -0.05) is 141 Å². The molecule has 0 aliphatic carbocycles. The fourth-order valence-electron chi connectivity index (χ4n) is 8.92. The third-order valence-corrected chi connectivity index (χ3v) is 12.6. The van der Waals surface area contributed by atoms with E-state index in [-0.39, 0.29) is 95.8 Å². The quantitative estimate of drug-likeness (QED) is 0.0689. The Bertz CT molecular complexity index is 3730. The largest absolute Gasteiger partial charge is 0.509 e. The van der Waals surface area contributed by atoms with Crippen molar-refractivity contribution in [1.29, 1.82) is 0 Å². The average molecular weight is 1140 g/mol. The Morgan fingerprint density at radius 1 is 0.577 bits per heavy atom. The van der Waals surface area contributed by atoms with Gasteiger partial charge in [0.25, 0.3) is 0 Å². The molecule has 0 saturated heterocycles. The van der Waals surface area contributed by atoms with E-state index < -0.39 is 45.5 Å². The van der Waals surface area contributed by atoms with Crippen LogP contribution in [-0.4, -0.2) is 9.55 Å². The second-order valence-corrected chi connectivity index (χ2v) is 20.6.